The molecule has 2 amide bonds. The molecule has 26 heavy (non-hydrogen) atoms. The molecule has 0 radical (unpaired) electrons. The van der Waals surface area contributed by atoms with E-state index >= 15 is 0 Å². The Balaban J connectivity index is 1.96. The predicted molar refractivity (Wildman–Crippen MR) is 98.6 cm³/mol. The number of rotatable bonds is 4. The molecular weight excluding hydrogens is 379 g/mol. The largest absolute Gasteiger partial charge is 0.478 e. The Bertz CT molecular complexity index is 985. The van der Waals surface area contributed by atoms with Gasteiger partial charge in [-0.1, -0.05) is 35.3 Å². The second-order valence-corrected chi connectivity index (χ2v) is 6.39. The molecule has 0 unspecified atom stereocenters. The number of amides is 2. The molecule has 0 bridgehead atoms. The van der Waals surface area contributed by atoms with E-state index < -0.39 is 17.8 Å². The number of hydrogen-bond donors (Lipinski definition) is 2. The Kier molecular flexibility index (Phi) is 4.71. The molecule has 0 atom stereocenters. The number of carboxylic acid groups (broad SMARTS) is 1. The van der Waals surface area contributed by atoms with Crippen molar-refractivity contribution in [2.45, 2.75) is 6.92 Å². The SMILES string of the molecule is Cc1ccc(Cl)cc1N1C(=O)C(Cl)=C(Nc2cccc(C(=O)O)c2)C1=O. The van der Waals surface area contributed by atoms with Gasteiger partial charge in [0.15, 0.2) is 0 Å². The van der Waals surface area contributed by atoms with Crippen LogP contribution < -0.4 is 10.2 Å². The maximum absolute atomic E-state index is 12.8. The highest BCUT2D eigenvalue weighted by Gasteiger charge is 2.39. The zero-order valence-electron chi connectivity index (χ0n) is 13.4. The Morgan fingerprint density at radius 2 is 1.81 bits per heavy atom. The van der Waals surface area contributed by atoms with Crippen LogP contribution in [-0.4, -0.2) is 22.9 Å². The number of imide groups is 1. The third kappa shape index (κ3) is 3.16. The lowest BCUT2D eigenvalue weighted by Gasteiger charge is -2.17. The Morgan fingerprint density at radius 1 is 1.08 bits per heavy atom. The van der Waals surface area contributed by atoms with Crippen LogP contribution in [0.2, 0.25) is 5.02 Å². The molecular formula is C18H12Cl2N2O4. The highest BCUT2D eigenvalue weighted by atomic mass is 35.5. The quantitative estimate of drug-likeness (QED) is 0.775. The molecule has 2 aromatic rings. The van der Waals surface area contributed by atoms with Gasteiger partial charge in [-0.15, -0.1) is 0 Å². The van der Waals surface area contributed by atoms with Crippen LogP contribution in [0.15, 0.2) is 53.2 Å². The molecule has 2 aromatic carbocycles. The van der Waals surface area contributed by atoms with Crippen molar-refractivity contribution in [1.82, 2.24) is 0 Å². The van der Waals surface area contributed by atoms with Gasteiger partial charge in [0, 0.05) is 10.7 Å². The van der Waals surface area contributed by atoms with E-state index in [1.165, 1.54) is 24.3 Å². The van der Waals surface area contributed by atoms with E-state index in [1.54, 1.807) is 25.1 Å². The third-order valence-electron chi connectivity index (χ3n) is 3.82. The van der Waals surface area contributed by atoms with Gasteiger partial charge < -0.3 is 10.4 Å². The minimum atomic E-state index is -1.11. The van der Waals surface area contributed by atoms with Gasteiger partial charge in [0.2, 0.25) is 0 Å². The molecule has 6 nitrogen and oxygen atoms in total. The predicted octanol–water partition coefficient (Wildman–Crippen LogP) is 3.78. The molecule has 0 spiro atoms. The fourth-order valence-corrected chi connectivity index (χ4v) is 2.91. The number of aryl methyl sites for hydroxylation is 1. The van der Waals surface area contributed by atoms with Gasteiger partial charge in [0.05, 0.1) is 11.3 Å². The maximum Gasteiger partial charge on any atom is 0.335 e. The van der Waals surface area contributed by atoms with E-state index in [9.17, 15) is 14.4 Å². The molecule has 132 valence electrons. The molecule has 3 rings (SSSR count). The lowest BCUT2D eigenvalue weighted by Crippen LogP contribution is -2.32. The Hall–Kier alpha value is -2.83. The van der Waals surface area contributed by atoms with Gasteiger partial charge in [-0.25, -0.2) is 9.69 Å². The number of anilines is 2. The molecule has 0 aromatic heterocycles. The van der Waals surface area contributed by atoms with Gasteiger partial charge in [-0.2, -0.15) is 0 Å². The Labute approximate surface area is 158 Å². The molecule has 2 N–H and O–H groups in total. The summed E-state index contributed by atoms with van der Waals surface area (Å²) < 4.78 is 0. The number of nitrogens with zero attached hydrogens (tertiary/aromatic N) is 1. The van der Waals surface area contributed by atoms with Crippen molar-refractivity contribution in [1.29, 1.82) is 0 Å². The van der Waals surface area contributed by atoms with Crippen LogP contribution in [0, 0.1) is 6.92 Å². The molecule has 0 saturated carbocycles. The zero-order chi connectivity index (χ0) is 19.0. The number of carbonyl (C=O) groups excluding carboxylic acids is 2. The maximum atomic E-state index is 12.8. The number of nitrogens with one attached hydrogen (secondary N) is 1. The molecule has 1 heterocycles. The zero-order valence-corrected chi connectivity index (χ0v) is 14.9. The summed E-state index contributed by atoms with van der Waals surface area (Å²) in [6.07, 6.45) is 0. The van der Waals surface area contributed by atoms with Crippen LogP contribution in [-0.2, 0) is 9.59 Å². The van der Waals surface area contributed by atoms with Crippen molar-refractivity contribution < 1.29 is 19.5 Å². The number of benzene rings is 2. The lowest BCUT2D eigenvalue weighted by atomic mass is 10.2. The van der Waals surface area contributed by atoms with Crippen molar-refractivity contribution in [3.63, 3.8) is 0 Å². The summed E-state index contributed by atoms with van der Waals surface area (Å²) in [5, 5.41) is 11.9. The summed E-state index contributed by atoms with van der Waals surface area (Å²) in [7, 11) is 0. The van der Waals surface area contributed by atoms with Crippen LogP contribution >= 0.6 is 23.2 Å². The topological polar surface area (TPSA) is 86.7 Å². The molecule has 1 aliphatic heterocycles. The lowest BCUT2D eigenvalue weighted by molar-refractivity contribution is -0.120. The molecule has 1 aliphatic rings. The minimum Gasteiger partial charge on any atom is -0.478 e. The first-order valence-electron chi connectivity index (χ1n) is 7.44. The second-order valence-electron chi connectivity index (χ2n) is 5.58. The van der Waals surface area contributed by atoms with Crippen LogP contribution in [0.4, 0.5) is 11.4 Å². The molecule has 0 fully saturated rings. The summed E-state index contributed by atoms with van der Waals surface area (Å²) in [4.78, 5) is 37.3. The smallest absolute Gasteiger partial charge is 0.335 e. The standard InChI is InChI=1S/C18H12Cl2N2O4/c1-9-5-6-11(19)8-13(9)22-16(23)14(20)15(17(22)24)21-12-4-2-3-10(7-12)18(25)26/h2-8,21H,1H3,(H,25,26). The van der Waals surface area contributed by atoms with Crippen molar-refractivity contribution in [3.05, 3.63) is 69.3 Å². The average molecular weight is 391 g/mol. The third-order valence-corrected chi connectivity index (χ3v) is 4.40. The van der Waals surface area contributed by atoms with Crippen molar-refractivity contribution in [2.75, 3.05) is 10.2 Å². The first kappa shape index (κ1) is 18.0. The fraction of sp³-hybridized carbons (Fsp3) is 0.0556. The average Bonchev–Trinajstić information content (AvgIpc) is 2.81. The monoisotopic (exact) mass is 390 g/mol. The molecule has 8 heteroatoms. The summed E-state index contributed by atoms with van der Waals surface area (Å²) >= 11 is 12.0. The first-order chi connectivity index (χ1) is 12.3. The van der Waals surface area contributed by atoms with E-state index in [1.807, 2.05) is 0 Å². The van der Waals surface area contributed by atoms with Crippen LogP contribution in [0.25, 0.3) is 0 Å². The number of halogens is 2. The number of carboxylic acids is 1. The van der Waals surface area contributed by atoms with E-state index in [4.69, 9.17) is 28.3 Å². The van der Waals surface area contributed by atoms with Crippen molar-refractivity contribution in [3.8, 4) is 0 Å². The van der Waals surface area contributed by atoms with E-state index in [-0.39, 0.29) is 16.3 Å². The van der Waals surface area contributed by atoms with Crippen molar-refractivity contribution >= 4 is 52.4 Å². The summed E-state index contributed by atoms with van der Waals surface area (Å²) in [5.41, 5.74) is 1.24. The van der Waals surface area contributed by atoms with Crippen molar-refractivity contribution in [2.24, 2.45) is 0 Å². The molecule has 0 saturated heterocycles. The van der Waals surface area contributed by atoms with E-state index in [0.29, 0.717) is 22.0 Å². The number of aromatic carboxylic acids is 1. The summed E-state index contributed by atoms with van der Waals surface area (Å²) in [5.74, 6) is -2.44. The van der Waals surface area contributed by atoms with Gasteiger partial charge in [0.25, 0.3) is 11.8 Å². The van der Waals surface area contributed by atoms with Gasteiger partial charge in [0.1, 0.15) is 10.7 Å². The number of hydrogen-bond acceptors (Lipinski definition) is 4. The number of carbonyl (C=O) groups is 3. The molecule has 0 aliphatic carbocycles. The fourth-order valence-electron chi connectivity index (χ4n) is 2.53. The van der Waals surface area contributed by atoms with Gasteiger partial charge >= 0.3 is 5.97 Å². The van der Waals surface area contributed by atoms with Gasteiger partial charge in [-0.05, 0) is 42.8 Å². The van der Waals surface area contributed by atoms with Crippen LogP contribution in [0.1, 0.15) is 15.9 Å². The van der Waals surface area contributed by atoms with Crippen LogP contribution in [0.5, 0.6) is 0 Å². The van der Waals surface area contributed by atoms with Gasteiger partial charge in [-0.3, -0.25) is 9.59 Å². The normalized spacial score (nSPS) is 14.2. The summed E-state index contributed by atoms with van der Waals surface area (Å²) in [6.45, 7) is 1.74. The first-order valence-corrected chi connectivity index (χ1v) is 8.20. The minimum absolute atomic E-state index is 0.0334. The summed E-state index contributed by atoms with van der Waals surface area (Å²) in [6, 6.07) is 10.7. The van der Waals surface area contributed by atoms with E-state index in [2.05, 4.69) is 5.32 Å². The van der Waals surface area contributed by atoms with E-state index in [0.717, 1.165) is 4.90 Å². The second kappa shape index (κ2) is 6.82. The Morgan fingerprint density at radius 3 is 2.50 bits per heavy atom. The van der Waals surface area contributed by atoms with Crippen LogP contribution in [0.3, 0.4) is 0 Å². The highest BCUT2D eigenvalue weighted by molar-refractivity contribution is 6.53. The highest BCUT2D eigenvalue weighted by Crippen LogP contribution is 2.33.